The van der Waals surface area contributed by atoms with Gasteiger partial charge in [-0.1, -0.05) is 23.7 Å². The third-order valence-electron chi connectivity index (χ3n) is 6.32. The van der Waals surface area contributed by atoms with Gasteiger partial charge in [0.05, 0.1) is 28.8 Å². The second kappa shape index (κ2) is 12.5. The lowest BCUT2D eigenvalue weighted by Gasteiger charge is -2.33. The monoisotopic (exact) mass is 595 g/mol. The Labute approximate surface area is 248 Å². The van der Waals surface area contributed by atoms with E-state index < -0.39 is 11.6 Å². The molecule has 0 atom stereocenters. The topological polar surface area (TPSA) is 120 Å². The van der Waals surface area contributed by atoms with Crippen molar-refractivity contribution >= 4 is 51.0 Å². The first-order chi connectivity index (χ1) is 19.3. The maximum Gasteiger partial charge on any atom is 0.307 e. The van der Waals surface area contributed by atoms with Crippen molar-refractivity contribution in [3.63, 3.8) is 0 Å². The van der Waals surface area contributed by atoms with Crippen LogP contribution < -0.4 is 4.90 Å². The Morgan fingerprint density at radius 3 is 2.41 bits per heavy atom. The Balaban J connectivity index is 0.000000714. The molecule has 216 valence electrons. The summed E-state index contributed by atoms with van der Waals surface area (Å²) in [5.41, 5.74) is 4.29. The summed E-state index contributed by atoms with van der Waals surface area (Å²) in [5.74, 6) is -0.334. The summed E-state index contributed by atoms with van der Waals surface area (Å²) in [7, 11) is 0. The molecule has 2 aromatic heterocycles. The molecule has 1 saturated heterocycles. The van der Waals surface area contributed by atoms with Crippen molar-refractivity contribution in [2.24, 2.45) is 0 Å². The summed E-state index contributed by atoms with van der Waals surface area (Å²) in [6.45, 7) is 11.4. The van der Waals surface area contributed by atoms with Crippen LogP contribution in [0.3, 0.4) is 0 Å². The van der Waals surface area contributed by atoms with Gasteiger partial charge in [-0.05, 0) is 75.6 Å². The molecule has 41 heavy (non-hydrogen) atoms. The molecule has 2 aromatic carbocycles. The van der Waals surface area contributed by atoms with Crippen LogP contribution in [-0.4, -0.2) is 73.7 Å². The number of aliphatic hydroxyl groups is 1. The molecule has 0 radical (unpaired) electrons. The van der Waals surface area contributed by atoms with Crippen LogP contribution in [0.25, 0.3) is 32.0 Å². The second-order valence-corrected chi connectivity index (χ2v) is 12.2. The Kier molecular flexibility index (Phi) is 9.26. The standard InChI is InChI=1S/C26H24ClN5O3S.C4H10O/c1-3-31-10-11-32(14-21(31)33)26-28-9-8-19(30-26)25-29-20-12-15(2)18(13-22(34)35)23(24(20)36-25)16-4-6-17(27)7-5-16;1-4(2,3)5/h4-9,12H,3,10-11,13-14H2,1-2H3,(H,34,35);5H,1-3H3. The summed E-state index contributed by atoms with van der Waals surface area (Å²) in [6.07, 6.45) is 1.59. The number of aliphatic carboxylic acids is 1. The van der Waals surface area contributed by atoms with E-state index in [4.69, 9.17) is 26.7 Å². The number of likely N-dealkylation sites (N-methyl/N-ethyl adjacent to an activating group) is 1. The molecule has 0 bridgehead atoms. The zero-order valence-electron chi connectivity index (χ0n) is 23.8. The average Bonchev–Trinajstić information content (AvgIpc) is 3.32. The number of benzene rings is 2. The van der Waals surface area contributed by atoms with Crippen LogP contribution in [0.15, 0.2) is 42.6 Å². The number of thiazole rings is 1. The maximum atomic E-state index is 12.4. The number of amides is 1. The summed E-state index contributed by atoms with van der Waals surface area (Å²) < 4.78 is 0.890. The van der Waals surface area contributed by atoms with E-state index in [-0.39, 0.29) is 18.9 Å². The molecular formula is C30H34ClN5O4S. The van der Waals surface area contributed by atoms with E-state index in [1.54, 1.807) is 45.2 Å². The van der Waals surface area contributed by atoms with Gasteiger partial charge >= 0.3 is 5.97 Å². The molecule has 2 N–H and O–H groups in total. The lowest BCUT2D eigenvalue weighted by atomic mass is 9.93. The van der Waals surface area contributed by atoms with Crippen molar-refractivity contribution in [2.75, 3.05) is 31.1 Å². The number of hydrogen-bond donors (Lipinski definition) is 2. The van der Waals surface area contributed by atoms with Crippen LogP contribution in [0.4, 0.5) is 5.95 Å². The summed E-state index contributed by atoms with van der Waals surface area (Å²) in [6, 6.07) is 11.1. The smallest absolute Gasteiger partial charge is 0.307 e. The van der Waals surface area contributed by atoms with Crippen molar-refractivity contribution in [1.29, 1.82) is 0 Å². The molecule has 1 aliphatic rings. The van der Waals surface area contributed by atoms with E-state index in [0.717, 1.165) is 32.5 Å². The predicted molar refractivity (Wildman–Crippen MR) is 164 cm³/mol. The number of aryl methyl sites for hydroxylation is 1. The number of halogens is 1. The number of aromatic nitrogens is 3. The number of carboxylic acids is 1. The van der Waals surface area contributed by atoms with E-state index in [0.29, 0.717) is 41.3 Å². The van der Waals surface area contributed by atoms with Crippen molar-refractivity contribution in [3.05, 3.63) is 58.7 Å². The van der Waals surface area contributed by atoms with Gasteiger partial charge in [-0.2, -0.15) is 0 Å². The normalized spacial score (nSPS) is 13.8. The summed E-state index contributed by atoms with van der Waals surface area (Å²) >= 11 is 7.58. The number of nitrogens with zero attached hydrogens (tertiary/aromatic N) is 5. The minimum atomic E-state index is -0.893. The first kappa shape index (κ1) is 30.4. The van der Waals surface area contributed by atoms with Crippen LogP contribution in [0.5, 0.6) is 0 Å². The van der Waals surface area contributed by atoms with Gasteiger partial charge in [0.25, 0.3) is 0 Å². The molecule has 1 aliphatic heterocycles. The van der Waals surface area contributed by atoms with Crippen LogP contribution in [0, 0.1) is 6.92 Å². The first-order valence-electron chi connectivity index (χ1n) is 13.3. The third-order valence-corrected chi connectivity index (χ3v) is 7.68. The van der Waals surface area contributed by atoms with Gasteiger partial charge in [-0.3, -0.25) is 9.59 Å². The Morgan fingerprint density at radius 1 is 1.12 bits per heavy atom. The molecule has 1 fully saturated rings. The number of carboxylic acid groups (broad SMARTS) is 1. The molecule has 0 spiro atoms. The zero-order chi connectivity index (χ0) is 29.9. The van der Waals surface area contributed by atoms with Crippen molar-refractivity contribution in [3.8, 4) is 21.8 Å². The largest absolute Gasteiger partial charge is 0.481 e. The minimum absolute atomic E-state index is 0.0618. The van der Waals surface area contributed by atoms with Gasteiger partial charge in [0.15, 0.2) is 0 Å². The minimum Gasteiger partial charge on any atom is -0.481 e. The van der Waals surface area contributed by atoms with Crippen molar-refractivity contribution in [2.45, 2.75) is 46.6 Å². The first-order valence-corrected chi connectivity index (χ1v) is 14.5. The molecule has 0 aliphatic carbocycles. The fourth-order valence-electron chi connectivity index (χ4n) is 4.48. The van der Waals surface area contributed by atoms with Crippen molar-refractivity contribution in [1.82, 2.24) is 19.9 Å². The lowest BCUT2D eigenvalue weighted by Crippen LogP contribution is -2.50. The van der Waals surface area contributed by atoms with Crippen LogP contribution in [0.1, 0.15) is 38.8 Å². The third kappa shape index (κ3) is 7.58. The number of piperazine rings is 1. The molecule has 5 rings (SSSR count). The van der Waals surface area contributed by atoms with E-state index in [2.05, 4.69) is 4.98 Å². The highest BCUT2D eigenvalue weighted by Crippen LogP contribution is 2.40. The van der Waals surface area contributed by atoms with Gasteiger partial charge in [0.2, 0.25) is 11.9 Å². The predicted octanol–water partition coefficient (Wildman–Crippen LogP) is 5.45. The van der Waals surface area contributed by atoms with Gasteiger partial charge in [0.1, 0.15) is 10.7 Å². The van der Waals surface area contributed by atoms with E-state index in [1.807, 2.05) is 41.8 Å². The molecule has 0 unspecified atom stereocenters. The average molecular weight is 596 g/mol. The fraction of sp³-hybridized carbons (Fsp3) is 0.367. The highest BCUT2D eigenvalue weighted by molar-refractivity contribution is 7.22. The number of hydrogen-bond acceptors (Lipinski definition) is 8. The van der Waals surface area contributed by atoms with Crippen LogP contribution >= 0.6 is 22.9 Å². The number of fused-ring (bicyclic) bond motifs is 1. The number of carbonyl (C=O) groups excluding carboxylic acids is 1. The summed E-state index contributed by atoms with van der Waals surface area (Å²) in [5, 5.41) is 19.4. The Bertz CT molecular complexity index is 1560. The lowest BCUT2D eigenvalue weighted by molar-refractivity contribution is -0.136. The van der Waals surface area contributed by atoms with E-state index in [1.165, 1.54) is 11.3 Å². The second-order valence-electron chi connectivity index (χ2n) is 10.8. The van der Waals surface area contributed by atoms with Crippen LogP contribution in [0.2, 0.25) is 5.02 Å². The van der Waals surface area contributed by atoms with Gasteiger partial charge < -0.3 is 20.0 Å². The SMILES string of the molecule is CC(C)(C)O.CCN1CCN(c2nccc(-c3nc4cc(C)c(CC(=O)O)c(-c5ccc(Cl)cc5)c4s3)n2)CC1=O. The highest BCUT2D eigenvalue weighted by atomic mass is 35.5. The molecule has 9 nitrogen and oxygen atoms in total. The molecule has 3 heterocycles. The molecule has 1 amide bonds. The van der Waals surface area contributed by atoms with E-state index >= 15 is 0 Å². The fourth-order valence-corrected chi connectivity index (χ4v) is 5.71. The van der Waals surface area contributed by atoms with Crippen molar-refractivity contribution < 1.29 is 19.8 Å². The number of carbonyl (C=O) groups is 2. The zero-order valence-corrected chi connectivity index (χ0v) is 25.4. The Morgan fingerprint density at radius 2 is 1.80 bits per heavy atom. The maximum absolute atomic E-state index is 12.4. The molecule has 0 saturated carbocycles. The van der Waals surface area contributed by atoms with Gasteiger partial charge in [0, 0.05) is 36.4 Å². The molecule has 11 heteroatoms. The van der Waals surface area contributed by atoms with Gasteiger partial charge in [-0.25, -0.2) is 15.0 Å². The number of rotatable bonds is 6. The Hall–Kier alpha value is -3.60. The number of anilines is 1. The van der Waals surface area contributed by atoms with Crippen LogP contribution in [-0.2, 0) is 16.0 Å². The van der Waals surface area contributed by atoms with Gasteiger partial charge in [-0.15, -0.1) is 11.3 Å². The summed E-state index contributed by atoms with van der Waals surface area (Å²) in [4.78, 5) is 41.8. The molecule has 4 aromatic rings. The molecular weight excluding hydrogens is 562 g/mol. The van der Waals surface area contributed by atoms with E-state index in [9.17, 15) is 14.7 Å². The quantitative estimate of drug-likeness (QED) is 0.302. The highest BCUT2D eigenvalue weighted by Gasteiger charge is 2.25.